The lowest BCUT2D eigenvalue weighted by Gasteiger charge is -2.18. The Labute approximate surface area is 103 Å². The van der Waals surface area contributed by atoms with Crippen molar-refractivity contribution in [2.45, 2.75) is 44.7 Å². The van der Waals surface area contributed by atoms with E-state index in [0.29, 0.717) is 6.42 Å². The minimum Gasteiger partial charge on any atom is -0.187 e. The SMILES string of the molecule is CC(C)(C)N=NC(C)(Cl)Cc1ccccc1. The van der Waals surface area contributed by atoms with E-state index in [1.165, 1.54) is 5.56 Å². The molecule has 0 heterocycles. The lowest BCUT2D eigenvalue weighted by molar-refractivity contribution is 0.496. The molecular formula is C13H19ClN2. The van der Waals surface area contributed by atoms with E-state index in [-0.39, 0.29) is 5.54 Å². The van der Waals surface area contributed by atoms with Crippen molar-refractivity contribution in [1.82, 2.24) is 0 Å². The zero-order valence-corrected chi connectivity index (χ0v) is 11.1. The van der Waals surface area contributed by atoms with Crippen LogP contribution in [-0.2, 0) is 6.42 Å². The summed E-state index contributed by atoms with van der Waals surface area (Å²) in [5, 5.41) is 8.43. The van der Waals surface area contributed by atoms with Crippen LogP contribution < -0.4 is 0 Å². The van der Waals surface area contributed by atoms with Gasteiger partial charge >= 0.3 is 0 Å². The number of alkyl halides is 1. The van der Waals surface area contributed by atoms with Gasteiger partial charge in [0.1, 0.15) is 0 Å². The molecule has 1 atom stereocenters. The molecule has 0 spiro atoms. The van der Waals surface area contributed by atoms with Gasteiger partial charge in [0.25, 0.3) is 0 Å². The van der Waals surface area contributed by atoms with Gasteiger partial charge in [0.05, 0.1) is 5.54 Å². The number of halogens is 1. The maximum absolute atomic E-state index is 6.32. The van der Waals surface area contributed by atoms with Crippen LogP contribution >= 0.6 is 11.6 Å². The number of hydrogen-bond donors (Lipinski definition) is 0. The van der Waals surface area contributed by atoms with Crippen LogP contribution in [0.1, 0.15) is 33.3 Å². The van der Waals surface area contributed by atoms with Gasteiger partial charge in [-0.1, -0.05) is 41.9 Å². The van der Waals surface area contributed by atoms with Crippen LogP contribution in [0.2, 0.25) is 0 Å². The third kappa shape index (κ3) is 5.26. The summed E-state index contributed by atoms with van der Waals surface area (Å²) < 4.78 is 0. The Morgan fingerprint density at radius 1 is 1.00 bits per heavy atom. The highest BCUT2D eigenvalue weighted by Crippen LogP contribution is 2.24. The summed E-state index contributed by atoms with van der Waals surface area (Å²) in [7, 11) is 0. The summed E-state index contributed by atoms with van der Waals surface area (Å²) in [6.07, 6.45) is 0.689. The van der Waals surface area contributed by atoms with Crippen molar-refractivity contribution < 1.29 is 0 Å². The second-order valence-electron chi connectivity index (χ2n) is 5.18. The van der Waals surface area contributed by atoms with Gasteiger partial charge in [-0.3, -0.25) is 0 Å². The first-order valence-corrected chi connectivity index (χ1v) is 5.83. The molecule has 3 heteroatoms. The molecule has 0 saturated carbocycles. The second kappa shape index (κ2) is 4.96. The molecule has 88 valence electrons. The Kier molecular flexibility index (Phi) is 4.09. The average molecular weight is 239 g/mol. The van der Waals surface area contributed by atoms with E-state index in [4.69, 9.17) is 11.6 Å². The van der Waals surface area contributed by atoms with Gasteiger partial charge in [0.15, 0.2) is 5.00 Å². The standard InChI is InChI=1S/C13H19ClN2/c1-12(2,3)15-16-13(4,14)10-11-8-6-5-7-9-11/h5-9H,10H2,1-4H3. The van der Waals surface area contributed by atoms with Crippen molar-refractivity contribution in [3.05, 3.63) is 35.9 Å². The van der Waals surface area contributed by atoms with Crippen molar-refractivity contribution in [2.24, 2.45) is 10.2 Å². The van der Waals surface area contributed by atoms with Gasteiger partial charge < -0.3 is 0 Å². The molecule has 0 amide bonds. The van der Waals surface area contributed by atoms with E-state index in [9.17, 15) is 0 Å². The molecule has 1 unspecified atom stereocenters. The highest BCUT2D eigenvalue weighted by molar-refractivity contribution is 6.23. The summed E-state index contributed by atoms with van der Waals surface area (Å²) in [5.41, 5.74) is 1.00. The minimum atomic E-state index is -0.658. The van der Waals surface area contributed by atoms with Crippen molar-refractivity contribution in [1.29, 1.82) is 0 Å². The number of nitrogens with zero attached hydrogens (tertiary/aromatic N) is 2. The summed E-state index contributed by atoms with van der Waals surface area (Å²) in [6, 6.07) is 10.1. The quantitative estimate of drug-likeness (QED) is 0.423. The van der Waals surface area contributed by atoms with Crippen LogP contribution in [0.4, 0.5) is 0 Å². The second-order valence-corrected chi connectivity index (χ2v) is 5.99. The van der Waals surface area contributed by atoms with Gasteiger partial charge in [-0.05, 0) is 33.3 Å². The molecule has 16 heavy (non-hydrogen) atoms. The summed E-state index contributed by atoms with van der Waals surface area (Å²) >= 11 is 6.32. The number of rotatable bonds is 3. The maximum Gasteiger partial charge on any atom is 0.155 e. The number of azo groups is 1. The highest BCUT2D eigenvalue weighted by atomic mass is 35.5. The summed E-state index contributed by atoms with van der Waals surface area (Å²) in [5.74, 6) is 0. The van der Waals surface area contributed by atoms with Crippen LogP contribution in [0.15, 0.2) is 40.6 Å². The third-order valence-electron chi connectivity index (χ3n) is 1.93. The molecule has 0 saturated heterocycles. The van der Waals surface area contributed by atoms with Crippen molar-refractivity contribution in [3.63, 3.8) is 0 Å². The fraction of sp³-hybridized carbons (Fsp3) is 0.538. The van der Waals surface area contributed by atoms with E-state index >= 15 is 0 Å². The van der Waals surface area contributed by atoms with Crippen LogP contribution in [0, 0.1) is 0 Å². The van der Waals surface area contributed by atoms with E-state index in [1.54, 1.807) is 0 Å². The summed E-state index contributed by atoms with van der Waals surface area (Å²) in [4.78, 5) is -0.658. The Morgan fingerprint density at radius 2 is 1.56 bits per heavy atom. The van der Waals surface area contributed by atoms with E-state index in [0.717, 1.165) is 0 Å². The monoisotopic (exact) mass is 238 g/mol. The van der Waals surface area contributed by atoms with Crippen molar-refractivity contribution in [2.75, 3.05) is 0 Å². The average Bonchev–Trinajstić information content (AvgIpc) is 2.15. The molecule has 1 rings (SSSR count). The van der Waals surface area contributed by atoms with Gasteiger partial charge in [-0.25, -0.2) is 0 Å². The largest absolute Gasteiger partial charge is 0.187 e. The highest BCUT2D eigenvalue weighted by Gasteiger charge is 2.21. The molecule has 0 fully saturated rings. The summed E-state index contributed by atoms with van der Waals surface area (Å²) in [6.45, 7) is 7.90. The van der Waals surface area contributed by atoms with Crippen molar-refractivity contribution in [3.8, 4) is 0 Å². The normalized spacial score (nSPS) is 16.3. The molecule has 1 aromatic carbocycles. The predicted octanol–water partition coefficient (Wildman–Crippen LogP) is 4.43. The first-order chi connectivity index (χ1) is 7.29. The fourth-order valence-electron chi connectivity index (χ4n) is 1.26. The molecule has 0 aliphatic rings. The Bertz CT molecular complexity index is 350. The van der Waals surface area contributed by atoms with E-state index in [1.807, 2.05) is 58.0 Å². The zero-order valence-electron chi connectivity index (χ0n) is 10.4. The van der Waals surface area contributed by atoms with Gasteiger partial charge in [0, 0.05) is 6.42 Å². The zero-order chi connectivity index (χ0) is 12.2. The fourth-order valence-corrected chi connectivity index (χ4v) is 1.45. The predicted molar refractivity (Wildman–Crippen MR) is 69.0 cm³/mol. The van der Waals surface area contributed by atoms with Crippen molar-refractivity contribution >= 4 is 11.6 Å². The molecular weight excluding hydrogens is 220 g/mol. The minimum absolute atomic E-state index is 0.174. The van der Waals surface area contributed by atoms with Gasteiger partial charge in [-0.15, -0.1) is 0 Å². The molecule has 0 aliphatic heterocycles. The van der Waals surface area contributed by atoms with Gasteiger partial charge in [-0.2, -0.15) is 10.2 Å². The molecule has 0 radical (unpaired) electrons. The van der Waals surface area contributed by atoms with Gasteiger partial charge in [0.2, 0.25) is 0 Å². The first-order valence-electron chi connectivity index (χ1n) is 5.45. The van der Waals surface area contributed by atoms with Crippen LogP contribution in [0.3, 0.4) is 0 Å². The number of hydrogen-bond acceptors (Lipinski definition) is 2. The Balaban J connectivity index is 2.69. The number of benzene rings is 1. The van der Waals surface area contributed by atoms with Crippen LogP contribution in [0.25, 0.3) is 0 Å². The van der Waals surface area contributed by atoms with Crippen LogP contribution in [0.5, 0.6) is 0 Å². The Hall–Kier alpha value is -0.890. The topological polar surface area (TPSA) is 24.7 Å². The van der Waals surface area contributed by atoms with E-state index < -0.39 is 5.00 Å². The first kappa shape index (κ1) is 13.2. The molecule has 0 aliphatic carbocycles. The van der Waals surface area contributed by atoms with Crippen LogP contribution in [-0.4, -0.2) is 10.5 Å². The molecule has 0 N–H and O–H groups in total. The smallest absolute Gasteiger partial charge is 0.155 e. The lowest BCUT2D eigenvalue weighted by atomic mass is 10.1. The molecule has 0 aromatic heterocycles. The maximum atomic E-state index is 6.32. The molecule has 2 nitrogen and oxygen atoms in total. The third-order valence-corrected chi connectivity index (χ3v) is 2.14. The molecule has 0 bridgehead atoms. The lowest BCUT2D eigenvalue weighted by Crippen LogP contribution is -2.18. The Morgan fingerprint density at radius 3 is 2.06 bits per heavy atom. The van der Waals surface area contributed by atoms with E-state index in [2.05, 4.69) is 10.2 Å². The molecule has 1 aromatic rings.